The van der Waals surface area contributed by atoms with Crippen molar-refractivity contribution in [1.82, 2.24) is 4.98 Å². The Balaban J connectivity index is 2.50. The van der Waals surface area contributed by atoms with Gasteiger partial charge in [-0.3, -0.25) is 0 Å². The molecule has 1 aromatic heterocycles. The van der Waals surface area contributed by atoms with E-state index >= 15 is 0 Å². The fourth-order valence-electron chi connectivity index (χ4n) is 1.64. The highest BCUT2D eigenvalue weighted by Gasteiger charge is 2.04. The Kier molecular flexibility index (Phi) is 3.47. The van der Waals surface area contributed by atoms with Gasteiger partial charge in [0.1, 0.15) is 5.35 Å². The number of oxazole rings is 1. The molecule has 18 heavy (non-hydrogen) atoms. The fourth-order valence-corrected chi connectivity index (χ4v) is 1.64. The third kappa shape index (κ3) is 2.77. The molecule has 0 aliphatic heterocycles. The number of rotatable bonds is 2. The maximum absolute atomic E-state index is 5.73. The van der Waals surface area contributed by atoms with Crippen LogP contribution in [0.1, 0.15) is 19.4 Å². The molecule has 92 valence electrons. The van der Waals surface area contributed by atoms with E-state index in [0.717, 1.165) is 5.56 Å². The lowest BCUT2D eigenvalue weighted by Crippen LogP contribution is -2.19. The van der Waals surface area contributed by atoms with E-state index in [2.05, 4.69) is 17.6 Å². The van der Waals surface area contributed by atoms with Crippen molar-refractivity contribution in [3.8, 4) is 11.5 Å². The lowest BCUT2D eigenvalue weighted by Gasteiger charge is -1.95. The molecular formula is C16H17NO. The highest BCUT2D eigenvalue weighted by atomic mass is 16.3. The summed E-state index contributed by atoms with van der Waals surface area (Å²) in [6.45, 7) is 10.0. The predicted molar refractivity (Wildman–Crippen MR) is 75.3 cm³/mol. The van der Waals surface area contributed by atoms with Crippen LogP contribution >= 0.6 is 0 Å². The van der Waals surface area contributed by atoms with Crippen molar-refractivity contribution in [2.45, 2.75) is 20.8 Å². The molecular weight excluding hydrogens is 222 g/mol. The molecule has 0 aliphatic rings. The fraction of sp³-hybridized carbons (Fsp3) is 0.188. The number of hydrogen-bond acceptors (Lipinski definition) is 2. The van der Waals surface area contributed by atoms with Crippen LogP contribution in [0, 0.1) is 6.92 Å². The largest absolute Gasteiger partial charge is 0.436 e. The van der Waals surface area contributed by atoms with Crippen LogP contribution in [0.15, 0.2) is 40.3 Å². The van der Waals surface area contributed by atoms with Crippen LogP contribution in [0.3, 0.4) is 0 Å². The number of benzene rings is 1. The third-order valence-electron chi connectivity index (χ3n) is 2.56. The van der Waals surface area contributed by atoms with Crippen LogP contribution < -0.4 is 10.8 Å². The summed E-state index contributed by atoms with van der Waals surface area (Å²) >= 11 is 0. The molecule has 1 aromatic carbocycles. The van der Waals surface area contributed by atoms with Crippen molar-refractivity contribution in [2.75, 3.05) is 0 Å². The number of aryl methyl sites for hydroxylation is 1. The summed E-state index contributed by atoms with van der Waals surface area (Å²) in [6, 6.07) is 8.09. The summed E-state index contributed by atoms with van der Waals surface area (Å²) in [5.41, 5.74) is 4.10. The van der Waals surface area contributed by atoms with Gasteiger partial charge in [-0.2, -0.15) is 0 Å². The molecule has 0 amide bonds. The molecule has 2 nitrogen and oxygen atoms in total. The zero-order valence-corrected chi connectivity index (χ0v) is 11.0. The summed E-state index contributed by atoms with van der Waals surface area (Å²) in [5.74, 6) is 0.622. The highest BCUT2D eigenvalue weighted by molar-refractivity contribution is 5.54. The SMILES string of the molecule is C=c1nc(-c2cccc(C)c2)o/c1=C/C=C(C)C. The van der Waals surface area contributed by atoms with Crippen LogP contribution in [0.2, 0.25) is 0 Å². The first-order chi connectivity index (χ1) is 8.56. The van der Waals surface area contributed by atoms with Gasteiger partial charge < -0.3 is 4.42 Å². The molecule has 2 rings (SSSR count). The Morgan fingerprint density at radius 2 is 2.11 bits per heavy atom. The second kappa shape index (κ2) is 5.05. The first-order valence-electron chi connectivity index (χ1n) is 5.94. The molecule has 2 heteroatoms. The smallest absolute Gasteiger partial charge is 0.227 e. The van der Waals surface area contributed by atoms with Gasteiger partial charge in [0.05, 0.1) is 0 Å². The van der Waals surface area contributed by atoms with Crippen LogP contribution in [-0.2, 0) is 0 Å². The second-order valence-corrected chi connectivity index (χ2v) is 4.61. The zero-order chi connectivity index (χ0) is 13.1. The van der Waals surface area contributed by atoms with Crippen molar-refractivity contribution in [1.29, 1.82) is 0 Å². The van der Waals surface area contributed by atoms with Gasteiger partial charge in [-0.05, 0) is 39.0 Å². The van der Waals surface area contributed by atoms with Gasteiger partial charge in [0.25, 0.3) is 0 Å². The molecule has 0 radical (unpaired) electrons. The monoisotopic (exact) mass is 239 g/mol. The van der Waals surface area contributed by atoms with E-state index in [-0.39, 0.29) is 0 Å². The van der Waals surface area contributed by atoms with E-state index < -0.39 is 0 Å². The Hall–Kier alpha value is -2.09. The molecule has 0 saturated heterocycles. The number of hydrogen-bond donors (Lipinski definition) is 0. The summed E-state index contributed by atoms with van der Waals surface area (Å²) in [4.78, 5) is 4.36. The average molecular weight is 239 g/mol. The van der Waals surface area contributed by atoms with E-state index in [1.54, 1.807) is 0 Å². The third-order valence-corrected chi connectivity index (χ3v) is 2.56. The molecule has 0 spiro atoms. The Morgan fingerprint density at radius 3 is 2.78 bits per heavy atom. The summed E-state index contributed by atoms with van der Waals surface area (Å²) in [7, 11) is 0. The van der Waals surface area contributed by atoms with Gasteiger partial charge in [-0.1, -0.05) is 35.9 Å². The Morgan fingerprint density at radius 1 is 1.33 bits per heavy atom. The van der Waals surface area contributed by atoms with Gasteiger partial charge in [-0.25, -0.2) is 4.98 Å². The van der Waals surface area contributed by atoms with E-state index in [4.69, 9.17) is 4.42 Å². The van der Waals surface area contributed by atoms with Gasteiger partial charge >= 0.3 is 0 Å². The number of allylic oxidation sites excluding steroid dienone is 2. The Labute approximate surface area is 107 Å². The summed E-state index contributed by atoms with van der Waals surface area (Å²) < 4.78 is 5.73. The molecule has 2 aromatic rings. The first kappa shape index (κ1) is 12.4. The molecule has 0 fully saturated rings. The van der Waals surface area contributed by atoms with Crippen LogP contribution in [-0.4, -0.2) is 4.98 Å². The van der Waals surface area contributed by atoms with Crippen LogP contribution in [0.5, 0.6) is 0 Å². The number of nitrogens with zero attached hydrogens (tertiary/aromatic N) is 1. The Bertz CT molecular complexity index is 688. The lowest BCUT2D eigenvalue weighted by molar-refractivity contribution is 0.540. The predicted octanol–water partition coefficient (Wildman–Crippen LogP) is 2.81. The van der Waals surface area contributed by atoms with E-state index in [9.17, 15) is 0 Å². The quantitative estimate of drug-likeness (QED) is 0.805. The second-order valence-electron chi connectivity index (χ2n) is 4.61. The first-order valence-corrected chi connectivity index (χ1v) is 5.94. The van der Waals surface area contributed by atoms with E-state index in [1.165, 1.54) is 11.1 Å². The summed E-state index contributed by atoms with van der Waals surface area (Å²) in [6.07, 6.45) is 3.90. The molecule has 0 saturated carbocycles. The molecule has 0 unspecified atom stereocenters. The molecule has 0 atom stereocenters. The van der Waals surface area contributed by atoms with Gasteiger partial charge in [0.2, 0.25) is 5.89 Å². The highest BCUT2D eigenvalue weighted by Crippen LogP contribution is 2.15. The maximum atomic E-state index is 5.73. The minimum Gasteiger partial charge on any atom is -0.436 e. The number of aromatic nitrogens is 1. The van der Waals surface area contributed by atoms with Crippen molar-refractivity contribution >= 4 is 12.7 Å². The van der Waals surface area contributed by atoms with Gasteiger partial charge in [-0.15, -0.1) is 0 Å². The molecule has 0 N–H and O–H groups in total. The topological polar surface area (TPSA) is 26.0 Å². The maximum Gasteiger partial charge on any atom is 0.227 e. The van der Waals surface area contributed by atoms with Crippen LogP contribution in [0.4, 0.5) is 0 Å². The standard InChI is InChI=1S/C16H17NO/c1-11(2)8-9-15-13(4)17-16(18-15)14-7-5-6-12(3)10-14/h5-10H,4H2,1-3H3/b15-9+. The van der Waals surface area contributed by atoms with Gasteiger partial charge in [0.15, 0.2) is 5.42 Å². The van der Waals surface area contributed by atoms with E-state index in [1.807, 2.05) is 51.1 Å². The minimum atomic E-state index is 0.622. The van der Waals surface area contributed by atoms with Crippen molar-refractivity contribution in [3.63, 3.8) is 0 Å². The molecule has 1 heterocycles. The zero-order valence-electron chi connectivity index (χ0n) is 11.0. The van der Waals surface area contributed by atoms with E-state index in [0.29, 0.717) is 16.7 Å². The molecule has 0 bridgehead atoms. The van der Waals surface area contributed by atoms with Crippen molar-refractivity contribution < 1.29 is 4.42 Å². The summed E-state index contributed by atoms with van der Waals surface area (Å²) in [5, 5.41) is 0.670. The van der Waals surface area contributed by atoms with Gasteiger partial charge in [0, 0.05) is 5.56 Å². The average Bonchev–Trinajstić information content (AvgIpc) is 2.68. The lowest BCUT2D eigenvalue weighted by atomic mass is 10.1. The molecule has 0 aliphatic carbocycles. The van der Waals surface area contributed by atoms with Crippen LogP contribution in [0.25, 0.3) is 24.1 Å². The van der Waals surface area contributed by atoms with Crippen molar-refractivity contribution in [3.05, 3.63) is 52.2 Å². The normalized spacial score (nSPS) is 11.6. The minimum absolute atomic E-state index is 0.622. The van der Waals surface area contributed by atoms with Crippen molar-refractivity contribution in [2.24, 2.45) is 0 Å².